The first-order chi connectivity index (χ1) is 8.37. The van der Waals surface area contributed by atoms with Gasteiger partial charge in [-0.2, -0.15) is 13.2 Å². The van der Waals surface area contributed by atoms with Crippen LogP contribution >= 0.6 is 0 Å². The maximum absolute atomic E-state index is 11.9. The number of nitrogens with zero attached hydrogens (tertiary/aromatic N) is 1. The summed E-state index contributed by atoms with van der Waals surface area (Å²) in [7, 11) is 0. The maximum atomic E-state index is 11.9. The van der Waals surface area contributed by atoms with Crippen LogP contribution in [0.15, 0.2) is 24.5 Å². The van der Waals surface area contributed by atoms with E-state index in [-0.39, 0.29) is 6.04 Å². The third-order valence-corrected chi connectivity index (χ3v) is 2.33. The monoisotopic (exact) mass is 260 g/mol. The van der Waals surface area contributed by atoms with Crippen LogP contribution in [0.2, 0.25) is 0 Å². The van der Waals surface area contributed by atoms with Gasteiger partial charge in [0.25, 0.3) is 0 Å². The first-order valence-corrected chi connectivity index (χ1v) is 5.62. The molecule has 0 aliphatic carbocycles. The zero-order valence-corrected chi connectivity index (χ0v) is 10.00. The van der Waals surface area contributed by atoms with Crippen molar-refractivity contribution in [3.63, 3.8) is 0 Å². The Morgan fingerprint density at radius 2 is 2.00 bits per heavy atom. The van der Waals surface area contributed by atoms with Crippen LogP contribution in [0.25, 0.3) is 0 Å². The highest BCUT2D eigenvalue weighted by molar-refractivity contribution is 5.76. The van der Waals surface area contributed by atoms with Crippen LogP contribution in [0.1, 0.15) is 25.3 Å². The summed E-state index contributed by atoms with van der Waals surface area (Å²) in [6, 6.07) is 3.41. The number of aromatic nitrogens is 1. The van der Waals surface area contributed by atoms with Gasteiger partial charge in [-0.3, -0.25) is 9.78 Å². The summed E-state index contributed by atoms with van der Waals surface area (Å²) in [5, 5.41) is 2.54. The predicted octanol–water partition coefficient (Wildman–Crippen LogP) is 2.47. The lowest BCUT2D eigenvalue weighted by Crippen LogP contribution is -2.34. The molecule has 18 heavy (non-hydrogen) atoms. The quantitative estimate of drug-likeness (QED) is 0.883. The van der Waals surface area contributed by atoms with Gasteiger partial charge in [-0.25, -0.2) is 0 Å². The van der Waals surface area contributed by atoms with Crippen LogP contribution in [0, 0.1) is 0 Å². The standard InChI is InChI=1S/C12H15F3N2O/c1-9(8-10-3-6-16-7-4-10)17-11(18)2-5-12(13,14)15/h3-4,6-7,9H,2,5,8H2,1H3,(H,17,18)/t9-/m0/s1. The lowest BCUT2D eigenvalue weighted by atomic mass is 10.1. The molecule has 1 N–H and O–H groups in total. The minimum Gasteiger partial charge on any atom is -0.353 e. The van der Waals surface area contributed by atoms with E-state index in [1.165, 1.54) is 0 Å². The molecule has 100 valence electrons. The van der Waals surface area contributed by atoms with Gasteiger partial charge in [0.2, 0.25) is 5.91 Å². The molecule has 1 heterocycles. The molecule has 0 aromatic carbocycles. The summed E-state index contributed by atoms with van der Waals surface area (Å²) in [6.45, 7) is 1.76. The maximum Gasteiger partial charge on any atom is 0.389 e. The SMILES string of the molecule is C[C@@H](Cc1ccncc1)NC(=O)CCC(F)(F)F. The molecular weight excluding hydrogens is 245 g/mol. The van der Waals surface area contributed by atoms with Crippen LogP contribution in [0.4, 0.5) is 13.2 Å². The zero-order valence-electron chi connectivity index (χ0n) is 10.00. The van der Waals surface area contributed by atoms with E-state index in [2.05, 4.69) is 10.3 Å². The summed E-state index contributed by atoms with van der Waals surface area (Å²) >= 11 is 0. The number of alkyl halides is 3. The van der Waals surface area contributed by atoms with Crippen LogP contribution < -0.4 is 5.32 Å². The number of amides is 1. The van der Waals surface area contributed by atoms with E-state index in [0.717, 1.165) is 5.56 Å². The molecule has 0 aliphatic heterocycles. The molecule has 6 heteroatoms. The minimum atomic E-state index is -4.29. The Morgan fingerprint density at radius 1 is 1.39 bits per heavy atom. The Bertz CT molecular complexity index is 379. The Balaban J connectivity index is 2.32. The van der Waals surface area contributed by atoms with Gasteiger partial charge in [-0.1, -0.05) is 0 Å². The third-order valence-electron chi connectivity index (χ3n) is 2.33. The molecule has 0 fully saturated rings. The third kappa shape index (κ3) is 6.22. The summed E-state index contributed by atoms with van der Waals surface area (Å²) in [5.41, 5.74) is 0.980. The first kappa shape index (κ1) is 14.5. The van der Waals surface area contributed by atoms with E-state index in [1.807, 2.05) is 0 Å². The van der Waals surface area contributed by atoms with Crippen LogP contribution in [0.5, 0.6) is 0 Å². The Labute approximate surface area is 103 Å². The lowest BCUT2D eigenvalue weighted by Gasteiger charge is -2.14. The van der Waals surface area contributed by atoms with Gasteiger partial charge in [0.05, 0.1) is 6.42 Å². The molecule has 0 saturated heterocycles. The second-order valence-corrected chi connectivity index (χ2v) is 4.14. The van der Waals surface area contributed by atoms with E-state index in [0.29, 0.717) is 6.42 Å². The molecule has 0 aliphatic rings. The van der Waals surface area contributed by atoms with E-state index < -0.39 is 24.9 Å². The summed E-state index contributed by atoms with van der Waals surface area (Å²) in [4.78, 5) is 15.1. The Kier molecular flexibility index (Phi) is 5.12. The van der Waals surface area contributed by atoms with E-state index in [9.17, 15) is 18.0 Å². The second-order valence-electron chi connectivity index (χ2n) is 4.14. The number of hydrogen-bond acceptors (Lipinski definition) is 2. The highest BCUT2D eigenvalue weighted by Crippen LogP contribution is 2.21. The second kappa shape index (κ2) is 6.37. The highest BCUT2D eigenvalue weighted by Gasteiger charge is 2.28. The number of hydrogen-bond donors (Lipinski definition) is 1. The molecule has 1 aromatic rings. The average Bonchev–Trinajstić information content (AvgIpc) is 2.26. The van der Waals surface area contributed by atoms with Crippen molar-refractivity contribution in [2.45, 2.75) is 38.4 Å². The van der Waals surface area contributed by atoms with Gasteiger partial charge >= 0.3 is 6.18 Å². The van der Waals surface area contributed by atoms with Crippen molar-refractivity contribution in [1.82, 2.24) is 10.3 Å². The molecule has 1 atom stereocenters. The fourth-order valence-corrected chi connectivity index (χ4v) is 1.53. The first-order valence-electron chi connectivity index (χ1n) is 5.62. The van der Waals surface area contributed by atoms with Crippen molar-refractivity contribution in [1.29, 1.82) is 0 Å². The zero-order chi connectivity index (χ0) is 13.6. The Hall–Kier alpha value is -1.59. The van der Waals surface area contributed by atoms with Crippen molar-refractivity contribution in [3.8, 4) is 0 Å². The van der Waals surface area contributed by atoms with E-state index >= 15 is 0 Å². The number of nitrogens with one attached hydrogen (secondary N) is 1. The molecule has 0 spiro atoms. The molecule has 3 nitrogen and oxygen atoms in total. The van der Waals surface area contributed by atoms with Gasteiger partial charge in [-0.05, 0) is 31.0 Å². The predicted molar refractivity (Wildman–Crippen MR) is 60.8 cm³/mol. The van der Waals surface area contributed by atoms with Crippen LogP contribution in [-0.2, 0) is 11.2 Å². The topological polar surface area (TPSA) is 42.0 Å². The number of pyridine rings is 1. The van der Waals surface area contributed by atoms with Gasteiger partial charge < -0.3 is 5.32 Å². The highest BCUT2D eigenvalue weighted by atomic mass is 19.4. The number of halogens is 3. The largest absolute Gasteiger partial charge is 0.389 e. The van der Waals surface area contributed by atoms with E-state index in [1.54, 1.807) is 31.5 Å². The Morgan fingerprint density at radius 3 is 2.56 bits per heavy atom. The number of carbonyl (C=O) groups is 1. The summed E-state index contributed by atoms with van der Waals surface area (Å²) in [6.07, 6.45) is -2.06. The van der Waals surface area contributed by atoms with E-state index in [4.69, 9.17) is 0 Å². The normalized spacial score (nSPS) is 13.1. The van der Waals surface area contributed by atoms with Gasteiger partial charge in [-0.15, -0.1) is 0 Å². The molecule has 1 amide bonds. The summed E-state index contributed by atoms with van der Waals surface area (Å²) < 4.78 is 35.7. The smallest absolute Gasteiger partial charge is 0.353 e. The van der Waals surface area contributed by atoms with Crippen molar-refractivity contribution >= 4 is 5.91 Å². The van der Waals surface area contributed by atoms with Crippen LogP contribution in [-0.4, -0.2) is 23.1 Å². The van der Waals surface area contributed by atoms with Crippen molar-refractivity contribution in [2.24, 2.45) is 0 Å². The van der Waals surface area contributed by atoms with Crippen molar-refractivity contribution in [3.05, 3.63) is 30.1 Å². The van der Waals surface area contributed by atoms with Gasteiger partial charge in [0.15, 0.2) is 0 Å². The molecule has 0 saturated carbocycles. The number of rotatable bonds is 5. The molecule has 0 bridgehead atoms. The molecule has 0 radical (unpaired) electrons. The fourth-order valence-electron chi connectivity index (χ4n) is 1.53. The fraction of sp³-hybridized carbons (Fsp3) is 0.500. The molecule has 1 rings (SSSR count). The summed E-state index contributed by atoms with van der Waals surface area (Å²) in [5.74, 6) is -0.575. The minimum absolute atomic E-state index is 0.201. The van der Waals surface area contributed by atoms with Crippen molar-refractivity contribution < 1.29 is 18.0 Å². The lowest BCUT2D eigenvalue weighted by molar-refractivity contribution is -0.144. The number of carbonyl (C=O) groups excluding carboxylic acids is 1. The van der Waals surface area contributed by atoms with Crippen LogP contribution in [0.3, 0.4) is 0 Å². The van der Waals surface area contributed by atoms with Gasteiger partial charge in [0, 0.05) is 24.9 Å². The molecule has 1 aromatic heterocycles. The molecule has 0 unspecified atom stereocenters. The molecular formula is C12H15F3N2O. The average molecular weight is 260 g/mol. The van der Waals surface area contributed by atoms with Gasteiger partial charge in [0.1, 0.15) is 0 Å². The van der Waals surface area contributed by atoms with Crippen molar-refractivity contribution in [2.75, 3.05) is 0 Å².